The van der Waals surface area contributed by atoms with Crippen LogP contribution in [0.15, 0.2) is 0 Å². The zero-order valence-electron chi connectivity index (χ0n) is 16.6. The third kappa shape index (κ3) is 4.61. The van der Waals surface area contributed by atoms with Crippen LogP contribution in [0.5, 0.6) is 0 Å². The van der Waals surface area contributed by atoms with Crippen LogP contribution in [0.25, 0.3) is 0 Å². The van der Waals surface area contributed by atoms with Gasteiger partial charge in [0.2, 0.25) is 0 Å². The van der Waals surface area contributed by atoms with Gasteiger partial charge < -0.3 is 48.1 Å². The molecule has 160 valence electrons. The Bertz CT molecular complexity index is 438. The summed E-state index contributed by atoms with van der Waals surface area (Å²) in [7, 11) is 7.56. The van der Waals surface area contributed by atoms with Crippen LogP contribution in [-0.4, -0.2) is 114 Å². The van der Waals surface area contributed by atoms with E-state index in [1.165, 1.54) is 21.3 Å². The second kappa shape index (κ2) is 10.4. The molecule has 0 aromatic heterocycles. The first-order valence-corrected chi connectivity index (χ1v) is 8.86. The molecule has 0 aromatic rings. The number of ether oxygens (including phenoxy) is 8. The summed E-state index contributed by atoms with van der Waals surface area (Å²) in [6, 6.07) is 0. The molecule has 0 spiro atoms. The molecule has 2 saturated heterocycles. The van der Waals surface area contributed by atoms with E-state index in [2.05, 4.69) is 0 Å². The van der Waals surface area contributed by atoms with Crippen LogP contribution in [0.1, 0.15) is 6.92 Å². The first kappa shape index (κ1) is 22.9. The Hall–Kier alpha value is -0.400. The first-order valence-electron chi connectivity index (χ1n) is 8.86. The van der Waals surface area contributed by atoms with E-state index >= 15 is 0 Å². The van der Waals surface area contributed by atoms with Gasteiger partial charge in [-0.25, -0.2) is 0 Å². The van der Waals surface area contributed by atoms with Crippen molar-refractivity contribution in [3.8, 4) is 0 Å². The molecule has 2 aliphatic rings. The molecule has 27 heavy (non-hydrogen) atoms. The lowest BCUT2D eigenvalue weighted by Crippen LogP contribution is -2.65. The molecule has 2 N–H and O–H groups in total. The van der Waals surface area contributed by atoms with E-state index < -0.39 is 49.2 Å². The highest BCUT2D eigenvalue weighted by atomic mass is 16.7. The molecule has 2 rings (SSSR count). The van der Waals surface area contributed by atoms with Crippen LogP contribution in [-0.2, 0) is 37.9 Å². The highest BCUT2D eigenvalue weighted by Crippen LogP contribution is 2.32. The molecule has 0 bridgehead atoms. The van der Waals surface area contributed by atoms with E-state index in [-0.39, 0.29) is 18.8 Å². The number of aliphatic hydroxyl groups excluding tert-OH is 2. The van der Waals surface area contributed by atoms with Gasteiger partial charge in [0.15, 0.2) is 12.6 Å². The summed E-state index contributed by atoms with van der Waals surface area (Å²) in [6.07, 6.45) is -6.92. The summed E-state index contributed by atoms with van der Waals surface area (Å²) in [4.78, 5) is 0. The SMILES string of the molecule is CO[C@@H]1[C@H](OC)[C@@H](O[C@H]2[C@H](OC)[C@@H](OC)[C@@H](O)O[C@@H]2CO)O[C@@H](C)[C@@H]1OC. The second-order valence-electron chi connectivity index (χ2n) is 6.56. The van der Waals surface area contributed by atoms with Gasteiger partial charge in [0, 0.05) is 35.5 Å². The number of methoxy groups -OCH3 is 5. The predicted molar refractivity (Wildman–Crippen MR) is 91.2 cm³/mol. The van der Waals surface area contributed by atoms with Crippen molar-refractivity contribution in [1.82, 2.24) is 0 Å². The molecular weight excluding hydrogens is 364 g/mol. The Morgan fingerprint density at radius 2 is 1.22 bits per heavy atom. The Morgan fingerprint density at radius 3 is 1.70 bits per heavy atom. The fourth-order valence-corrected chi connectivity index (χ4v) is 3.80. The van der Waals surface area contributed by atoms with E-state index in [4.69, 9.17) is 37.9 Å². The van der Waals surface area contributed by atoms with E-state index in [1.54, 1.807) is 14.2 Å². The van der Waals surface area contributed by atoms with Crippen molar-refractivity contribution in [1.29, 1.82) is 0 Å². The minimum Gasteiger partial charge on any atom is -0.394 e. The molecule has 10 heteroatoms. The molecule has 2 aliphatic heterocycles. The van der Waals surface area contributed by atoms with Crippen molar-refractivity contribution in [3.05, 3.63) is 0 Å². The summed E-state index contributed by atoms with van der Waals surface area (Å²) in [5.74, 6) is 0. The van der Waals surface area contributed by atoms with Gasteiger partial charge in [-0.15, -0.1) is 0 Å². The van der Waals surface area contributed by atoms with Crippen molar-refractivity contribution >= 4 is 0 Å². The van der Waals surface area contributed by atoms with Crippen LogP contribution in [0.4, 0.5) is 0 Å². The fraction of sp³-hybridized carbons (Fsp3) is 1.00. The fourth-order valence-electron chi connectivity index (χ4n) is 3.80. The molecule has 10 atom stereocenters. The van der Waals surface area contributed by atoms with Gasteiger partial charge in [-0.2, -0.15) is 0 Å². The smallest absolute Gasteiger partial charge is 0.187 e. The highest BCUT2D eigenvalue weighted by molar-refractivity contribution is 4.95. The minimum absolute atomic E-state index is 0.335. The maximum absolute atomic E-state index is 10.1. The number of aliphatic hydroxyl groups is 2. The van der Waals surface area contributed by atoms with Crippen LogP contribution in [0.3, 0.4) is 0 Å². The summed E-state index contributed by atoms with van der Waals surface area (Å²) in [5, 5.41) is 19.8. The van der Waals surface area contributed by atoms with Crippen molar-refractivity contribution in [2.75, 3.05) is 42.2 Å². The first-order chi connectivity index (χ1) is 13.0. The van der Waals surface area contributed by atoms with Crippen LogP contribution in [0, 0.1) is 0 Å². The third-order valence-electron chi connectivity index (χ3n) is 5.17. The molecule has 0 saturated carbocycles. The van der Waals surface area contributed by atoms with E-state index in [0.717, 1.165) is 0 Å². The lowest BCUT2D eigenvalue weighted by Gasteiger charge is -2.48. The molecule has 0 radical (unpaired) electrons. The van der Waals surface area contributed by atoms with Gasteiger partial charge in [-0.1, -0.05) is 0 Å². The summed E-state index contributed by atoms with van der Waals surface area (Å²) < 4.78 is 44.9. The summed E-state index contributed by atoms with van der Waals surface area (Å²) >= 11 is 0. The number of rotatable bonds is 8. The average Bonchev–Trinajstić information content (AvgIpc) is 2.67. The highest BCUT2D eigenvalue weighted by Gasteiger charge is 2.52. The monoisotopic (exact) mass is 396 g/mol. The molecular formula is C17H32O10. The molecule has 0 aliphatic carbocycles. The zero-order valence-corrected chi connectivity index (χ0v) is 16.6. The van der Waals surface area contributed by atoms with Crippen molar-refractivity contribution in [2.24, 2.45) is 0 Å². The number of hydrogen-bond donors (Lipinski definition) is 2. The largest absolute Gasteiger partial charge is 0.394 e. The van der Waals surface area contributed by atoms with Crippen molar-refractivity contribution in [2.45, 2.75) is 68.3 Å². The van der Waals surface area contributed by atoms with Gasteiger partial charge in [-0.05, 0) is 6.92 Å². The number of hydrogen-bond acceptors (Lipinski definition) is 10. The minimum atomic E-state index is -1.26. The maximum Gasteiger partial charge on any atom is 0.187 e. The quantitative estimate of drug-likeness (QED) is 0.524. The molecule has 0 unspecified atom stereocenters. The Balaban J connectivity index is 2.24. The van der Waals surface area contributed by atoms with E-state index in [1.807, 2.05) is 6.92 Å². The molecule has 0 aromatic carbocycles. The lowest BCUT2D eigenvalue weighted by atomic mass is 9.96. The molecule has 0 amide bonds. The Kier molecular flexibility index (Phi) is 8.81. The van der Waals surface area contributed by atoms with Crippen LogP contribution >= 0.6 is 0 Å². The van der Waals surface area contributed by atoms with Crippen LogP contribution < -0.4 is 0 Å². The normalized spacial score (nSPS) is 45.8. The predicted octanol–water partition coefficient (Wildman–Crippen LogP) is -1.10. The standard InChI is InChI=1S/C17H32O10/c1-8-10(20-2)12(21-3)15(24-6)17(25-8)27-11-9(7-18)26-16(19)14(23-5)13(11)22-4/h8-19H,7H2,1-6H3/t8-,9+,10-,11+,12-,13-,14+,15-,16-,17+/m0/s1. The van der Waals surface area contributed by atoms with Gasteiger partial charge in [0.25, 0.3) is 0 Å². The van der Waals surface area contributed by atoms with Crippen LogP contribution in [0.2, 0.25) is 0 Å². The van der Waals surface area contributed by atoms with Gasteiger partial charge in [0.1, 0.15) is 42.7 Å². The summed E-state index contributed by atoms with van der Waals surface area (Å²) in [5.41, 5.74) is 0. The van der Waals surface area contributed by atoms with Gasteiger partial charge >= 0.3 is 0 Å². The van der Waals surface area contributed by atoms with Gasteiger partial charge in [0.05, 0.1) is 12.7 Å². The molecule has 2 fully saturated rings. The summed E-state index contributed by atoms with van der Waals surface area (Å²) in [6.45, 7) is 1.46. The topological polar surface area (TPSA) is 114 Å². The Morgan fingerprint density at radius 1 is 0.704 bits per heavy atom. The van der Waals surface area contributed by atoms with Crippen molar-refractivity contribution < 1.29 is 48.1 Å². The molecule has 2 heterocycles. The molecule has 10 nitrogen and oxygen atoms in total. The second-order valence-corrected chi connectivity index (χ2v) is 6.56. The van der Waals surface area contributed by atoms with E-state index in [9.17, 15) is 10.2 Å². The third-order valence-corrected chi connectivity index (χ3v) is 5.17. The maximum atomic E-state index is 10.1. The van der Waals surface area contributed by atoms with Crippen molar-refractivity contribution in [3.63, 3.8) is 0 Å². The van der Waals surface area contributed by atoms with Gasteiger partial charge in [-0.3, -0.25) is 0 Å². The van der Waals surface area contributed by atoms with E-state index in [0.29, 0.717) is 0 Å². The average molecular weight is 396 g/mol. The lowest BCUT2D eigenvalue weighted by molar-refractivity contribution is -0.359. The Labute approximate surface area is 159 Å². The zero-order chi connectivity index (χ0) is 20.1.